The fourth-order valence-corrected chi connectivity index (χ4v) is 8.14. The lowest BCUT2D eigenvalue weighted by atomic mass is 9.97. The van der Waals surface area contributed by atoms with Crippen LogP contribution >= 0.6 is 0 Å². The van der Waals surface area contributed by atoms with Gasteiger partial charge in [-0.25, -0.2) is 0 Å². The molecule has 0 aliphatic heterocycles. The molecule has 0 saturated carbocycles. The van der Waals surface area contributed by atoms with Crippen molar-refractivity contribution in [3.63, 3.8) is 0 Å². The van der Waals surface area contributed by atoms with E-state index in [4.69, 9.17) is 4.42 Å². The van der Waals surface area contributed by atoms with Crippen LogP contribution in [0.2, 0.25) is 0 Å². The quantitative estimate of drug-likeness (QED) is 0.190. The summed E-state index contributed by atoms with van der Waals surface area (Å²) in [6, 6.07) is 53.1. The first kappa shape index (κ1) is 26.9. The summed E-state index contributed by atoms with van der Waals surface area (Å²) in [5.74, 6) is 0. The van der Waals surface area contributed by atoms with Gasteiger partial charge in [0.05, 0.1) is 39.8 Å². The number of aromatic nitrogens is 1. The normalized spacial score (nSPS) is 12.0. The number of hydrogen-bond acceptors (Lipinski definition) is 3. The molecule has 0 amide bonds. The van der Waals surface area contributed by atoms with E-state index in [2.05, 4.69) is 101 Å². The van der Waals surface area contributed by atoms with Crippen LogP contribution < -0.4 is 0 Å². The van der Waals surface area contributed by atoms with Crippen LogP contribution in [0.5, 0.6) is 0 Å². The van der Waals surface area contributed by atoms with Crippen LogP contribution in [0.1, 0.15) is 11.1 Å². The van der Waals surface area contributed by atoms with Crippen LogP contribution in [-0.2, 0) is 0 Å². The Morgan fingerprint density at radius 1 is 0.420 bits per heavy atom. The fraction of sp³-hybridized carbons (Fsp3) is 0. The van der Waals surface area contributed by atoms with Crippen molar-refractivity contribution in [3.8, 4) is 34.4 Å². The molecular formula is C46H23N3O. The molecule has 0 bridgehead atoms. The first-order chi connectivity index (χ1) is 24.6. The third kappa shape index (κ3) is 3.62. The van der Waals surface area contributed by atoms with Gasteiger partial charge in [0.25, 0.3) is 0 Å². The minimum absolute atomic E-state index is 0.656. The molecule has 11 rings (SSSR count). The third-order valence-corrected chi connectivity index (χ3v) is 10.5. The monoisotopic (exact) mass is 633 g/mol. The smallest absolute Gasteiger partial charge is 0.136 e. The Balaban J connectivity index is 1.25. The van der Waals surface area contributed by atoms with E-state index in [0.717, 1.165) is 66.0 Å². The largest absolute Gasteiger partial charge is 0.456 e. The van der Waals surface area contributed by atoms with Crippen molar-refractivity contribution in [2.75, 3.05) is 0 Å². The number of nitrogens with zero attached hydrogens (tertiary/aromatic N) is 3. The Bertz CT molecular complexity index is 3310. The highest BCUT2D eigenvalue weighted by atomic mass is 16.3. The van der Waals surface area contributed by atoms with Crippen LogP contribution in [0.25, 0.3) is 104 Å². The highest BCUT2D eigenvalue weighted by Crippen LogP contribution is 2.47. The summed E-state index contributed by atoms with van der Waals surface area (Å²) < 4.78 is 9.00. The van der Waals surface area contributed by atoms with Gasteiger partial charge in [-0.2, -0.15) is 10.5 Å². The molecule has 8 aromatic carbocycles. The molecule has 0 radical (unpaired) electrons. The van der Waals surface area contributed by atoms with Gasteiger partial charge in [-0.1, -0.05) is 66.7 Å². The average Bonchev–Trinajstić information content (AvgIpc) is 3.81. The Kier molecular flexibility index (Phi) is 5.22. The fourth-order valence-electron chi connectivity index (χ4n) is 8.14. The van der Waals surface area contributed by atoms with Gasteiger partial charge < -0.3 is 8.82 Å². The molecule has 0 aliphatic rings. The van der Waals surface area contributed by atoms with Gasteiger partial charge >= 0.3 is 0 Å². The first-order valence-electron chi connectivity index (χ1n) is 16.6. The van der Waals surface area contributed by atoms with Crippen molar-refractivity contribution in [1.82, 2.24) is 4.40 Å². The third-order valence-electron chi connectivity index (χ3n) is 10.5. The summed E-state index contributed by atoms with van der Waals surface area (Å²) in [5, 5.41) is 30.3. The van der Waals surface area contributed by atoms with Gasteiger partial charge in [-0.3, -0.25) is 0 Å². The minimum atomic E-state index is 0.656. The summed E-state index contributed by atoms with van der Waals surface area (Å²) in [6.07, 6.45) is 0. The van der Waals surface area contributed by atoms with Crippen molar-refractivity contribution in [2.24, 2.45) is 0 Å². The number of fused-ring (bicyclic) bond motifs is 12. The molecule has 0 N–H and O–H groups in total. The SMILES string of the molecule is N#Cc1ccc(-c2ccc3cc4c5cc6oc7ccccc7c6c6c7cc8ccc(-c9ccc(C#N)cc9)cc8cc7n(c4cc3c2)c56)cc1. The molecule has 0 unspecified atom stereocenters. The Morgan fingerprint density at radius 3 is 1.60 bits per heavy atom. The summed E-state index contributed by atoms with van der Waals surface area (Å²) in [6.45, 7) is 0. The lowest BCUT2D eigenvalue weighted by molar-refractivity contribution is 0.669. The maximum atomic E-state index is 9.31. The molecule has 0 aliphatic carbocycles. The van der Waals surface area contributed by atoms with Crippen molar-refractivity contribution >= 4 is 81.6 Å². The van der Waals surface area contributed by atoms with Crippen molar-refractivity contribution in [2.45, 2.75) is 0 Å². The second-order valence-corrected chi connectivity index (χ2v) is 13.2. The van der Waals surface area contributed by atoms with Crippen molar-refractivity contribution < 1.29 is 4.42 Å². The first-order valence-corrected chi connectivity index (χ1v) is 16.6. The zero-order valence-electron chi connectivity index (χ0n) is 26.5. The topological polar surface area (TPSA) is 65.1 Å². The zero-order chi connectivity index (χ0) is 33.1. The molecule has 3 aromatic heterocycles. The van der Waals surface area contributed by atoms with Crippen molar-refractivity contribution in [3.05, 3.63) is 151 Å². The zero-order valence-corrected chi connectivity index (χ0v) is 26.5. The lowest BCUT2D eigenvalue weighted by Crippen LogP contribution is -1.85. The number of rotatable bonds is 2. The van der Waals surface area contributed by atoms with E-state index in [0.29, 0.717) is 11.1 Å². The second kappa shape index (κ2) is 9.70. The highest BCUT2D eigenvalue weighted by Gasteiger charge is 2.24. The highest BCUT2D eigenvalue weighted by molar-refractivity contribution is 6.36. The summed E-state index contributed by atoms with van der Waals surface area (Å²) >= 11 is 0. The lowest BCUT2D eigenvalue weighted by Gasteiger charge is -2.07. The Labute approximate surface area is 285 Å². The standard InChI is InChI=1S/C46H23N3O/c47-24-26-5-9-28(10-6-26)30-13-15-32-19-37-38-23-43-44(36-3-1-2-4-42(36)50-43)45-39-20-33-16-14-31(29-11-7-27(25-48)8-12-29)18-35(33)22-41(39)49(46(38)45)40(37)21-34(32)17-30/h1-23H. The molecule has 0 saturated heterocycles. The van der Waals surface area contributed by atoms with E-state index >= 15 is 0 Å². The van der Waals surface area contributed by atoms with Gasteiger partial charge in [-0.15, -0.1) is 0 Å². The number of benzene rings is 8. The molecular weight excluding hydrogens is 611 g/mol. The minimum Gasteiger partial charge on any atom is -0.456 e. The van der Waals surface area contributed by atoms with E-state index in [1.54, 1.807) is 0 Å². The van der Waals surface area contributed by atoms with Gasteiger partial charge in [-0.05, 0) is 117 Å². The predicted octanol–water partition coefficient (Wildman–Crippen LogP) is 12.1. The number of para-hydroxylation sites is 1. The molecule has 4 nitrogen and oxygen atoms in total. The van der Waals surface area contributed by atoms with Crippen LogP contribution in [0.4, 0.5) is 0 Å². The van der Waals surface area contributed by atoms with E-state index < -0.39 is 0 Å². The molecule has 50 heavy (non-hydrogen) atoms. The predicted molar refractivity (Wildman–Crippen MR) is 204 cm³/mol. The molecule has 0 spiro atoms. The number of furan rings is 1. The van der Waals surface area contributed by atoms with Crippen LogP contribution in [0.3, 0.4) is 0 Å². The Hall–Kier alpha value is -7.14. The van der Waals surface area contributed by atoms with E-state index in [1.165, 1.54) is 37.8 Å². The van der Waals surface area contributed by atoms with Crippen LogP contribution in [0, 0.1) is 22.7 Å². The second-order valence-electron chi connectivity index (χ2n) is 13.2. The van der Waals surface area contributed by atoms with Gasteiger partial charge in [0.15, 0.2) is 0 Å². The number of hydrogen-bond donors (Lipinski definition) is 0. The van der Waals surface area contributed by atoms with Crippen LogP contribution in [0.15, 0.2) is 144 Å². The molecule has 0 atom stereocenters. The Morgan fingerprint density at radius 2 is 0.980 bits per heavy atom. The molecule has 228 valence electrons. The molecule has 11 aromatic rings. The number of nitriles is 2. The van der Waals surface area contributed by atoms with Gasteiger partial charge in [0.1, 0.15) is 11.2 Å². The van der Waals surface area contributed by atoms with Crippen LogP contribution in [-0.4, -0.2) is 4.40 Å². The van der Waals surface area contributed by atoms with Crippen molar-refractivity contribution in [1.29, 1.82) is 10.5 Å². The van der Waals surface area contributed by atoms with E-state index in [9.17, 15) is 10.5 Å². The maximum absolute atomic E-state index is 9.31. The van der Waals surface area contributed by atoms with E-state index in [1.807, 2.05) is 54.6 Å². The molecule has 3 heterocycles. The summed E-state index contributed by atoms with van der Waals surface area (Å²) in [5.41, 5.74) is 11.0. The van der Waals surface area contributed by atoms with Gasteiger partial charge in [0, 0.05) is 32.3 Å². The molecule has 4 heteroatoms. The van der Waals surface area contributed by atoms with Gasteiger partial charge in [0.2, 0.25) is 0 Å². The van der Waals surface area contributed by atoms with E-state index in [-0.39, 0.29) is 0 Å². The maximum Gasteiger partial charge on any atom is 0.136 e. The molecule has 0 fully saturated rings. The average molecular weight is 634 g/mol. The summed E-state index contributed by atoms with van der Waals surface area (Å²) in [7, 11) is 0. The summed E-state index contributed by atoms with van der Waals surface area (Å²) in [4.78, 5) is 0.